The van der Waals surface area contributed by atoms with Crippen LogP contribution in [0.3, 0.4) is 0 Å². The van der Waals surface area contributed by atoms with Gasteiger partial charge in [-0.15, -0.1) is 11.3 Å². The highest BCUT2D eigenvalue weighted by atomic mass is 32.1. The molecule has 0 spiro atoms. The topological polar surface area (TPSA) is 58.2 Å². The third-order valence-electron chi connectivity index (χ3n) is 3.90. The number of nitrogens with one attached hydrogen (secondary N) is 2. The van der Waals surface area contributed by atoms with E-state index in [2.05, 4.69) is 10.6 Å². The number of thiophene rings is 1. The highest BCUT2D eigenvalue weighted by molar-refractivity contribution is 7.13. The summed E-state index contributed by atoms with van der Waals surface area (Å²) >= 11 is 1.63. The maximum Gasteiger partial charge on any atom is 0.255 e. The summed E-state index contributed by atoms with van der Waals surface area (Å²) in [4.78, 5) is 25.4. The van der Waals surface area contributed by atoms with Gasteiger partial charge in [0.25, 0.3) is 5.91 Å². The van der Waals surface area contributed by atoms with E-state index in [4.69, 9.17) is 0 Å². The number of carbonyl (C=O) groups is 2. The minimum Gasteiger partial charge on any atom is -0.326 e. The minimum atomic E-state index is -0.184. The zero-order chi connectivity index (χ0) is 18.5. The Labute approximate surface area is 156 Å². The Bertz CT molecular complexity index is 900. The van der Waals surface area contributed by atoms with E-state index in [9.17, 15) is 9.59 Å². The van der Waals surface area contributed by atoms with Gasteiger partial charge in [0.05, 0.1) is 0 Å². The second-order valence-corrected chi connectivity index (χ2v) is 7.15. The van der Waals surface area contributed by atoms with E-state index in [1.54, 1.807) is 35.6 Å². The molecule has 26 heavy (non-hydrogen) atoms. The van der Waals surface area contributed by atoms with Crippen LogP contribution in [0.2, 0.25) is 0 Å². The molecule has 0 saturated heterocycles. The van der Waals surface area contributed by atoms with Crippen LogP contribution in [0, 0.1) is 5.92 Å². The molecule has 2 amide bonds. The lowest BCUT2D eigenvalue weighted by molar-refractivity contribution is -0.118. The van der Waals surface area contributed by atoms with Gasteiger partial charge in [0.15, 0.2) is 0 Å². The third-order valence-corrected chi connectivity index (χ3v) is 4.80. The lowest BCUT2D eigenvalue weighted by Crippen LogP contribution is -2.18. The number of benzene rings is 2. The van der Waals surface area contributed by atoms with Crippen molar-refractivity contribution in [3.8, 4) is 10.4 Å². The average Bonchev–Trinajstić information content (AvgIpc) is 3.17. The van der Waals surface area contributed by atoms with Gasteiger partial charge in [-0.05, 0) is 41.8 Å². The van der Waals surface area contributed by atoms with Crippen molar-refractivity contribution >= 4 is 34.5 Å². The third kappa shape index (κ3) is 4.18. The largest absolute Gasteiger partial charge is 0.326 e. The molecule has 3 aromatic rings. The van der Waals surface area contributed by atoms with Gasteiger partial charge in [0.1, 0.15) is 0 Å². The van der Waals surface area contributed by atoms with Crippen LogP contribution in [0.4, 0.5) is 11.4 Å². The summed E-state index contributed by atoms with van der Waals surface area (Å²) in [6, 6.07) is 18.6. The number of amides is 2. The van der Waals surface area contributed by atoms with Crippen LogP contribution in [-0.2, 0) is 4.79 Å². The SMILES string of the molecule is CC(C)C(=O)Nc1ccc(C(=O)Nc2ccccc2-c2cccs2)cc1. The smallest absolute Gasteiger partial charge is 0.255 e. The fourth-order valence-electron chi connectivity index (χ4n) is 2.42. The molecule has 0 unspecified atom stereocenters. The molecule has 0 aliphatic carbocycles. The van der Waals surface area contributed by atoms with Gasteiger partial charge in [-0.1, -0.05) is 38.1 Å². The van der Waals surface area contributed by atoms with Crippen molar-refractivity contribution in [2.45, 2.75) is 13.8 Å². The second kappa shape index (κ2) is 7.97. The van der Waals surface area contributed by atoms with Gasteiger partial charge >= 0.3 is 0 Å². The molecule has 1 aromatic heterocycles. The summed E-state index contributed by atoms with van der Waals surface area (Å²) < 4.78 is 0. The predicted molar refractivity (Wildman–Crippen MR) is 108 cm³/mol. The average molecular weight is 364 g/mol. The fourth-order valence-corrected chi connectivity index (χ4v) is 3.19. The van der Waals surface area contributed by atoms with Crippen molar-refractivity contribution in [2.24, 2.45) is 5.92 Å². The van der Waals surface area contributed by atoms with E-state index >= 15 is 0 Å². The Balaban J connectivity index is 1.74. The molecule has 0 atom stereocenters. The lowest BCUT2D eigenvalue weighted by atomic mass is 10.1. The molecule has 2 aromatic carbocycles. The van der Waals surface area contributed by atoms with Crippen molar-refractivity contribution in [3.63, 3.8) is 0 Å². The van der Waals surface area contributed by atoms with Gasteiger partial charge < -0.3 is 10.6 Å². The first-order valence-electron chi connectivity index (χ1n) is 8.40. The van der Waals surface area contributed by atoms with Gasteiger partial charge in [-0.3, -0.25) is 9.59 Å². The van der Waals surface area contributed by atoms with E-state index in [0.29, 0.717) is 11.3 Å². The molecule has 0 aliphatic rings. The van der Waals surface area contributed by atoms with Gasteiger partial charge in [-0.25, -0.2) is 0 Å². The molecule has 0 aliphatic heterocycles. The van der Waals surface area contributed by atoms with Gasteiger partial charge in [-0.2, -0.15) is 0 Å². The Morgan fingerprint density at radius 3 is 2.27 bits per heavy atom. The molecular formula is C21H20N2O2S. The minimum absolute atomic E-state index is 0.0490. The monoisotopic (exact) mass is 364 g/mol. The second-order valence-electron chi connectivity index (χ2n) is 6.20. The van der Waals surface area contributed by atoms with Crippen molar-refractivity contribution in [1.82, 2.24) is 0 Å². The Hall–Kier alpha value is -2.92. The van der Waals surface area contributed by atoms with Crippen molar-refractivity contribution in [2.75, 3.05) is 10.6 Å². The van der Waals surface area contributed by atoms with E-state index in [0.717, 1.165) is 16.1 Å². The zero-order valence-electron chi connectivity index (χ0n) is 14.7. The summed E-state index contributed by atoms with van der Waals surface area (Å²) in [7, 11) is 0. The molecule has 3 rings (SSSR count). The van der Waals surface area contributed by atoms with Crippen molar-refractivity contribution < 1.29 is 9.59 Å². The van der Waals surface area contributed by atoms with E-state index in [-0.39, 0.29) is 17.7 Å². The quantitative estimate of drug-likeness (QED) is 0.648. The molecule has 0 saturated carbocycles. The Kier molecular flexibility index (Phi) is 5.49. The molecule has 0 radical (unpaired) electrons. The lowest BCUT2D eigenvalue weighted by Gasteiger charge is -2.11. The first kappa shape index (κ1) is 17.9. The van der Waals surface area contributed by atoms with E-state index in [1.165, 1.54) is 0 Å². The number of hydrogen-bond donors (Lipinski definition) is 2. The molecule has 4 nitrogen and oxygen atoms in total. The summed E-state index contributed by atoms with van der Waals surface area (Å²) in [5, 5.41) is 7.80. The summed E-state index contributed by atoms with van der Waals surface area (Å²) in [5.74, 6) is -0.324. The van der Waals surface area contributed by atoms with E-state index in [1.807, 2.05) is 55.6 Å². The summed E-state index contributed by atoms with van der Waals surface area (Å²) in [6.07, 6.45) is 0. The van der Waals surface area contributed by atoms with Crippen LogP contribution >= 0.6 is 11.3 Å². The van der Waals surface area contributed by atoms with Gasteiger partial charge in [0.2, 0.25) is 5.91 Å². The molecule has 1 heterocycles. The van der Waals surface area contributed by atoms with Crippen LogP contribution in [0.15, 0.2) is 66.0 Å². The zero-order valence-corrected chi connectivity index (χ0v) is 15.5. The summed E-state index contributed by atoms with van der Waals surface area (Å²) in [6.45, 7) is 3.67. The van der Waals surface area contributed by atoms with Crippen molar-refractivity contribution in [3.05, 3.63) is 71.6 Å². The van der Waals surface area contributed by atoms with Gasteiger partial charge in [0, 0.05) is 33.3 Å². The number of carbonyl (C=O) groups excluding carboxylic acids is 2. The Morgan fingerprint density at radius 2 is 1.62 bits per heavy atom. The number of rotatable bonds is 5. The standard InChI is InChI=1S/C21H20N2O2S/c1-14(2)20(24)22-16-11-9-15(10-12-16)21(25)23-18-7-4-3-6-17(18)19-8-5-13-26-19/h3-14H,1-2H3,(H,22,24)(H,23,25). The molecule has 132 valence electrons. The predicted octanol–water partition coefficient (Wildman–Crippen LogP) is 5.26. The first-order chi connectivity index (χ1) is 12.5. The first-order valence-corrected chi connectivity index (χ1v) is 9.28. The Morgan fingerprint density at radius 1 is 0.885 bits per heavy atom. The highest BCUT2D eigenvalue weighted by Crippen LogP contribution is 2.31. The molecule has 2 N–H and O–H groups in total. The number of para-hydroxylation sites is 1. The van der Waals surface area contributed by atoms with Crippen LogP contribution in [0.5, 0.6) is 0 Å². The molecule has 0 fully saturated rings. The summed E-state index contributed by atoms with van der Waals surface area (Å²) in [5.41, 5.74) is 2.99. The van der Waals surface area contributed by atoms with Crippen LogP contribution in [0.1, 0.15) is 24.2 Å². The van der Waals surface area contributed by atoms with Crippen LogP contribution in [-0.4, -0.2) is 11.8 Å². The fraction of sp³-hybridized carbons (Fsp3) is 0.143. The highest BCUT2D eigenvalue weighted by Gasteiger charge is 2.12. The maximum absolute atomic E-state index is 12.6. The normalized spacial score (nSPS) is 10.6. The molecule has 5 heteroatoms. The molecular weight excluding hydrogens is 344 g/mol. The van der Waals surface area contributed by atoms with E-state index < -0.39 is 0 Å². The molecule has 0 bridgehead atoms. The van der Waals surface area contributed by atoms with Crippen LogP contribution in [0.25, 0.3) is 10.4 Å². The number of anilines is 2. The van der Waals surface area contributed by atoms with Crippen molar-refractivity contribution in [1.29, 1.82) is 0 Å². The maximum atomic E-state index is 12.6. The number of hydrogen-bond acceptors (Lipinski definition) is 3. The van der Waals surface area contributed by atoms with Crippen LogP contribution < -0.4 is 10.6 Å².